The lowest BCUT2D eigenvalue weighted by molar-refractivity contribution is 0.677. The normalized spacial score (nSPS) is 10.8. The molecule has 0 spiro atoms. The van der Waals surface area contributed by atoms with Crippen LogP contribution in [0.1, 0.15) is 38.3 Å². The molecule has 0 aromatic heterocycles. The van der Waals surface area contributed by atoms with Crippen LogP contribution in [0.25, 0.3) is 0 Å². The smallest absolute Gasteiger partial charge is 0.0432 e. The molecule has 0 bridgehead atoms. The molecular formula is C19H25N. The largest absolute Gasteiger partial charge is 0.365 e. The Hall–Kier alpha value is -1.76. The summed E-state index contributed by atoms with van der Waals surface area (Å²) in [7, 11) is 0. The summed E-state index contributed by atoms with van der Waals surface area (Å²) < 4.78 is 0. The summed E-state index contributed by atoms with van der Waals surface area (Å²) in [5, 5.41) is 0. The third-order valence-electron chi connectivity index (χ3n) is 3.64. The van der Waals surface area contributed by atoms with Gasteiger partial charge in [0, 0.05) is 18.3 Å². The zero-order chi connectivity index (χ0) is 14.4. The Morgan fingerprint density at radius 1 is 0.900 bits per heavy atom. The minimum absolute atomic E-state index is 0.494. The van der Waals surface area contributed by atoms with Gasteiger partial charge in [-0.25, -0.2) is 0 Å². The molecule has 0 saturated heterocycles. The van der Waals surface area contributed by atoms with E-state index in [2.05, 4.69) is 80.3 Å². The van der Waals surface area contributed by atoms with Crippen molar-refractivity contribution in [2.75, 3.05) is 4.90 Å². The highest BCUT2D eigenvalue weighted by molar-refractivity contribution is 5.54. The minimum Gasteiger partial charge on any atom is -0.365 e. The minimum atomic E-state index is 0.494. The van der Waals surface area contributed by atoms with E-state index in [4.69, 9.17) is 0 Å². The molecule has 20 heavy (non-hydrogen) atoms. The molecule has 2 aromatic carbocycles. The number of aryl methyl sites for hydroxylation is 1. The van der Waals surface area contributed by atoms with E-state index >= 15 is 0 Å². The first-order valence-electron chi connectivity index (χ1n) is 7.60. The number of anilines is 1. The van der Waals surface area contributed by atoms with Crippen molar-refractivity contribution in [3.05, 3.63) is 65.7 Å². The third-order valence-corrected chi connectivity index (χ3v) is 3.64. The summed E-state index contributed by atoms with van der Waals surface area (Å²) in [6, 6.07) is 20.0. The van der Waals surface area contributed by atoms with Gasteiger partial charge in [0.15, 0.2) is 0 Å². The van der Waals surface area contributed by atoms with E-state index in [0.29, 0.717) is 6.04 Å². The Morgan fingerprint density at radius 3 is 2.20 bits per heavy atom. The van der Waals surface area contributed by atoms with Crippen molar-refractivity contribution >= 4 is 5.69 Å². The molecule has 0 amide bonds. The van der Waals surface area contributed by atoms with Crippen LogP contribution in [0.5, 0.6) is 0 Å². The number of nitrogens with zero attached hydrogens (tertiary/aromatic N) is 1. The maximum Gasteiger partial charge on any atom is 0.0432 e. The molecule has 0 aliphatic carbocycles. The highest BCUT2D eigenvalue weighted by Gasteiger charge is 2.14. The quantitative estimate of drug-likeness (QED) is 0.707. The summed E-state index contributed by atoms with van der Waals surface area (Å²) in [5.74, 6) is 0. The molecule has 0 unspecified atom stereocenters. The van der Waals surface area contributed by atoms with Crippen LogP contribution in [-0.4, -0.2) is 6.04 Å². The van der Waals surface area contributed by atoms with E-state index in [1.807, 2.05) is 0 Å². The predicted molar refractivity (Wildman–Crippen MR) is 88.2 cm³/mol. The zero-order valence-corrected chi connectivity index (χ0v) is 12.8. The summed E-state index contributed by atoms with van der Waals surface area (Å²) in [4.78, 5) is 2.50. The van der Waals surface area contributed by atoms with Crippen molar-refractivity contribution in [1.29, 1.82) is 0 Å². The van der Waals surface area contributed by atoms with Crippen LogP contribution in [0, 0.1) is 0 Å². The van der Waals surface area contributed by atoms with Gasteiger partial charge < -0.3 is 4.90 Å². The van der Waals surface area contributed by atoms with Gasteiger partial charge in [0.25, 0.3) is 0 Å². The molecule has 2 aromatic rings. The predicted octanol–water partition coefficient (Wildman–Crippen LogP) is 5.05. The van der Waals surface area contributed by atoms with Crippen molar-refractivity contribution in [1.82, 2.24) is 0 Å². The maximum absolute atomic E-state index is 2.50. The SMILES string of the molecule is CCCc1ccccc1N(Cc1ccccc1)C(C)C. The average molecular weight is 267 g/mol. The molecule has 2 rings (SSSR count). The molecule has 0 radical (unpaired) electrons. The van der Waals surface area contributed by atoms with Gasteiger partial charge in [-0.3, -0.25) is 0 Å². The Kier molecular flexibility index (Phi) is 5.23. The van der Waals surface area contributed by atoms with E-state index in [1.165, 1.54) is 23.2 Å². The fraction of sp³-hybridized carbons (Fsp3) is 0.368. The number of para-hydroxylation sites is 1. The Labute approximate surface area is 123 Å². The molecular weight excluding hydrogens is 242 g/mol. The van der Waals surface area contributed by atoms with Crippen molar-refractivity contribution in [2.24, 2.45) is 0 Å². The first kappa shape index (κ1) is 14.6. The van der Waals surface area contributed by atoms with E-state index in [9.17, 15) is 0 Å². The third kappa shape index (κ3) is 3.63. The first-order chi connectivity index (χ1) is 9.72. The van der Waals surface area contributed by atoms with Crippen LogP contribution in [0.3, 0.4) is 0 Å². The van der Waals surface area contributed by atoms with Gasteiger partial charge in [-0.1, -0.05) is 61.9 Å². The lowest BCUT2D eigenvalue weighted by Crippen LogP contribution is -2.31. The van der Waals surface area contributed by atoms with Crippen molar-refractivity contribution in [3.8, 4) is 0 Å². The van der Waals surface area contributed by atoms with Gasteiger partial charge in [-0.05, 0) is 37.5 Å². The number of benzene rings is 2. The lowest BCUT2D eigenvalue weighted by Gasteiger charge is -2.31. The lowest BCUT2D eigenvalue weighted by atomic mass is 10.0. The molecule has 1 heteroatoms. The highest BCUT2D eigenvalue weighted by atomic mass is 15.2. The molecule has 106 valence electrons. The second-order valence-corrected chi connectivity index (χ2v) is 5.59. The summed E-state index contributed by atoms with van der Waals surface area (Å²) in [6.45, 7) is 7.75. The molecule has 0 saturated carbocycles. The fourth-order valence-electron chi connectivity index (χ4n) is 2.60. The monoisotopic (exact) mass is 267 g/mol. The van der Waals surface area contributed by atoms with Crippen LogP contribution < -0.4 is 4.90 Å². The zero-order valence-electron chi connectivity index (χ0n) is 12.8. The van der Waals surface area contributed by atoms with E-state index < -0.39 is 0 Å². The Bertz CT molecular complexity index is 516. The van der Waals surface area contributed by atoms with E-state index in [-0.39, 0.29) is 0 Å². The topological polar surface area (TPSA) is 3.24 Å². The second kappa shape index (κ2) is 7.14. The number of rotatable bonds is 6. The van der Waals surface area contributed by atoms with Crippen LogP contribution >= 0.6 is 0 Å². The standard InChI is InChI=1S/C19H25N/c1-4-10-18-13-8-9-14-19(18)20(16(2)3)15-17-11-6-5-7-12-17/h5-9,11-14,16H,4,10,15H2,1-3H3. The van der Waals surface area contributed by atoms with Gasteiger partial charge in [0.2, 0.25) is 0 Å². The molecule has 0 aliphatic heterocycles. The summed E-state index contributed by atoms with van der Waals surface area (Å²) >= 11 is 0. The van der Waals surface area contributed by atoms with Gasteiger partial charge in [-0.2, -0.15) is 0 Å². The van der Waals surface area contributed by atoms with E-state index in [0.717, 1.165) is 13.0 Å². The molecule has 0 fully saturated rings. The summed E-state index contributed by atoms with van der Waals surface area (Å²) in [6.07, 6.45) is 2.34. The van der Waals surface area contributed by atoms with E-state index in [1.54, 1.807) is 0 Å². The van der Waals surface area contributed by atoms with Crippen LogP contribution in [0.4, 0.5) is 5.69 Å². The Balaban J connectivity index is 2.29. The number of hydrogen-bond acceptors (Lipinski definition) is 1. The van der Waals surface area contributed by atoms with Crippen LogP contribution in [0.2, 0.25) is 0 Å². The van der Waals surface area contributed by atoms with Crippen molar-refractivity contribution in [3.63, 3.8) is 0 Å². The van der Waals surface area contributed by atoms with Crippen molar-refractivity contribution < 1.29 is 0 Å². The number of hydrogen-bond donors (Lipinski definition) is 0. The molecule has 0 atom stereocenters. The molecule has 1 nitrogen and oxygen atoms in total. The van der Waals surface area contributed by atoms with Gasteiger partial charge in [0.05, 0.1) is 0 Å². The van der Waals surface area contributed by atoms with Gasteiger partial charge in [0.1, 0.15) is 0 Å². The first-order valence-corrected chi connectivity index (χ1v) is 7.60. The molecule has 0 aliphatic rings. The second-order valence-electron chi connectivity index (χ2n) is 5.59. The molecule has 0 heterocycles. The summed E-state index contributed by atoms with van der Waals surface area (Å²) in [5.41, 5.74) is 4.21. The average Bonchev–Trinajstić information content (AvgIpc) is 2.47. The van der Waals surface area contributed by atoms with Crippen LogP contribution in [-0.2, 0) is 13.0 Å². The maximum atomic E-state index is 2.50. The molecule has 0 N–H and O–H groups in total. The van der Waals surface area contributed by atoms with Gasteiger partial charge in [-0.15, -0.1) is 0 Å². The van der Waals surface area contributed by atoms with Crippen molar-refractivity contribution in [2.45, 2.75) is 46.2 Å². The highest BCUT2D eigenvalue weighted by Crippen LogP contribution is 2.25. The Morgan fingerprint density at radius 2 is 1.55 bits per heavy atom. The van der Waals surface area contributed by atoms with Crippen LogP contribution in [0.15, 0.2) is 54.6 Å². The van der Waals surface area contributed by atoms with Gasteiger partial charge >= 0.3 is 0 Å². The fourth-order valence-corrected chi connectivity index (χ4v) is 2.60.